The van der Waals surface area contributed by atoms with Crippen molar-refractivity contribution in [2.75, 3.05) is 33.5 Å². The minimum absolute atomic E-state index is 0.0321. The number of likely N-dealkylation sites (tertiary alicyclic amines) is 1. The second kappa shape index (κ2) is 10.0. The smallest absolute Gasteiger partial charge is 0.295 e. The largest absolute Gasteiger partial charge is 0.507 e. The molecule has 2 aromatic carbocycles. The summed E-state index contributed by atoms with van der Waals surface area (Å²) in [5.41, 5.74) is 0.310. The maximum absolute atomic E-state index is 12.9. The maximum Gasteiger partial charge on any atom is 0.295 e. The molecule has 168 valence electrons. The van der Waals surface area contributed by atoms with Crippen LogP contribution in [0.1, 0.15) is 17.2 Å². The van der Waals surface area contributed by atoms with Gasteiger partial charge < -0.3 is 24.6 Å². The van der Waals surface area contributed by atoms with E-state index in [2.05, 4.69) is 0 Å². The van der Waals surface area contributed by atoms with Crippen molar-refractivity contribution in [3.8, 4) is 5.75 Å². The normalized spacial score (nSPS) is 17.6. The lowest BCUT2D eigenvalue weighted by Gasteiger charge is -2.26. The molecule has 0 saturated carbocycles. The quantitative estimate of drug-likeness (QED) is 0.150. The number of aliphatic hydroxyl groups is 2. The Morgan fingerprint density at radius 3 is 2.44 bits per heavy atom. The number of aliphatic hydroxyl groups excluding tert-OH is 2. The van der Waals surface area contributed by atoms with Crippen LogP contribution in [0, 0.1) is 10.1 Å². The lowest BCUT2D eigenvalue weighted by atomic mass is 9.94. The summed E-state index contributed by atoms with van der Waals surface area (Å²) in [5, 5.41) is 30.8. The molecule has 0 aliphatic carbocycles. The summed E-state index contributed by atoms with van der Waals surface area (Å²) >= 11 is 0. The van der Waals surface area contributed by atoms with E-state index in [0.717, 1.165) is 0 Å². The number of para-hydroxylation sites is 1. The van der Waals surface area contributed by atoms with Crippen LogP contribution < -0.4 is 4.74 Å². The molecule has 3 rings (SSSR count). The SMILES string of the molecule is COc1ccccc1[C@H]1/C(=C(\O)c2ccc([N+](=O)[O-])cc2)C(=O)C(=O)N1CCOCCO. The molecule has 1 atom stereocenters. The zero-order chi connectivity index (χ0) is 23.3. The van der Waals surface area contributed by atoms with E-state index < -0.39 is 28.4 Å². The van der Waals surface area contributed by atoms with Crippen molar-refractivity contribution in [2.24, 2.45) is 0 Å². The molecule has 1 aliphatic heterocycles. The molecule has 1 heterocycles. The predicted molar refractivity (Wildman–Crippen MR) is 113 cm³/mol. The fourth-order valence-electron chi connectivity index (χ4n) is 3.55. The van der Waals surface area contributed by atoms with Gasteiger partial charge in [0, 0.05) is 29.8 Å². The Hall–Kier alpha value is -3.76. The summed E-state index contributed by atoms with van der Waals surface area (Å²) in [6, 6.07) is 10.9. The molecular formula is C22H22N2O8. The molecule has 1 amide bonds. The third-order valence-corrected chi connectivity index (χ3v) is 5.04. The fourth-order valence-corrected chi connectivity index (χ4v) is 3.55. The molecule has 10 nitrogen and oxygen atoms in total. The van der Waals surface area contributed by atoms with Crippen molar-refractivity contribution >= 4 is 23.1 Å². The first-order chi connectivity index (χ1) is 15.4. The number of hydrogen-bond acceptors (Lipinski definition) is 8. The Morgan fingerprint density at radius 2 is 1.81 bits per heavy atom. The van der Waals surface area contributed by atoms with Crippen LogP contribution in [0.25, 0.3) is 5.76 Å². The molecule has 10 heteroatoms. The highest BCUT2D eigenvalue weighted by atomic mass is 16.6. The number of carbonyl (C=O) groups is 2. The Kier molecular flexibility index (Phi) is 7.18. The standard InChI is InChI=1S/C22H22N2O8/c1-31-17-5-3-2-4-16(17)19-18(20(26)14-6-8-15(9-7-14)24(29)30)21(27)22(28)23(19)10-12-32-13-11-25/h2-9,19,25-26H,10-13H2,1H3/b20-18+/t19-/m0/s1. The number of ketones is 1. The van der Waals surface area contributed by atoms with Crippen molar-refractivity contribution in [3.05, 3.63) is 75.3 Å². The number of nitro benzene ring substituents is 1. The van der Waals surface area contributed by atoms with Crippen molar-refractivity contribution < 1.29 is 34.2 Å². The van der Waals surface area contributed by atoms with Gasteiger partial charge in [0.15, 0.2) is 0 Å². The first-order valence-corrected chi connectivity index (χ1v) is 9.75. The van der Waals surface area contributed by atoms with Crippen LogP contribution >= 0.6 is 0 Å². The van der Waals surface area contributed by atoms with E-state index in [1.165, 1.54) is 36.3 Å². The third-order valence-electron chi connectivity index (χ3n) is 5.04. The van der Waals surface area contributed by atoms with Crippen molar-refractivity contribution in [2.45, 2.75) is 6.04 Å². The summed E-state index contributed by atoms with van der Waals surface area (Å²) in [6.45, 7) is -0.0118. The van der Waals surface area contributed by atoms with E-state index in [0.29, 0.717) is 11.3 Å². The van der Waals surface area contributed by atoms with Gasteiger partial charge in [0.05, 0.1) is 43.5 Å². The molecule has 32 heavy (non-hydrogen) atoms. The van der Waals surface area contributed by atoms with Gasteiger partial charge in [0.25, 0.3) is 17.4 Å². The zero-order valence-corrected chi connectivity index (χ0v) is 17.3. The number of hydrogen-bond donors (Lipinski definition) is 2. The Balaban J connectivity index is 2.10. The van der Waals surface area contributed by atoms with Crippen LogP contribution in [0.4, 0.5) is 5.69 Å². The van der Waals surface area contributed by atoms with E-state index >= 15 is 0 Å². The highest BCUT2D eigenvalue weighted by Gasteiger charge is 2.46. The molecule has 0 radical (unpaired) electrons. The Labute approximate surface area is 183 Å². The van der Waals surface area contributed by atoms with E-state index in [1.54, 1.807) is 24.3 Å². The molecule has 0 unspecified atom stereocenters. The monoisotopic (exact) mass is 442 g/mol. The average molecular weight is 442 g/mol. The van der Waals surface area contributed by atoms with Crippen LogP contribution in [-0.4, -0.2) is 65.2 Å². The number of amides is 1. The van der Waals surface area contributed by atoms with Gasteiger partial charge in [-0.3, -0.25) is 19.7 Å². The number of carbonyl (C=O) groups excluding carboxylic acids is 2. The van der Waals surface area contributed by atoms with Gasteiger partial charge in [0.2, 0.25) is 0 Å². The summed E-state index contributed by atoms with van der Waals surface area (Å²) in [7, 11) is 1.45. The number of rotatable bonds is 9. The second-order valence-corrected chi connectivity index (χ2v) is 6.87. The molecular weight excluding hydrogens is 420 g/mol. The maximum atomic E-state index is 12.9. The second-order valence-electron chi connectivity index (χ2n) is 6.87. The van der Waals surface area contributed by atoms with Gasteiger partial charge in [-0.05, 0) is 18.2 Å². The first kappa shape index (κ1) is 22.9. The zero-order valence-electron chi connectivity index (χ0n) is 17.3. The van der Waals surface area contributed by atoms with Crippen LogP contribution in [0.5, 0.6) is 5.75 Å². The van der Waals surface area contributed by atoms with E-state index in [4.69, 9.17) is 14.6 Å². The first-order valence-electron chi connectivity index (χ1n) is 9.75. The number of methoxy groups -OCH3 is 1. The molecule has 0 aromatic heterocycles. The number of ether oxygens (including phenoxy) is 2. The molecule has 0 bridgehead atoms. The summed E-state index contributed by atoms with van der Waals surface area (Å²) in [5.74, 6) is -1.75. The Morgan fingerprint density at radius 1 is 1.12 bits per heavy atom. The molecule has 1 aliphatic rings. The number of Topliss-reactive ketones (excluding diaryl/α,β-unsaturated/α-hetero) is 1. The lowest BCUT2D eigenvalue weighted by molar-refractivity contribution is -0.384. The van der Waals surface area contributed by atoms with Crippen LogP contribution in [0.3, 0.4) is 0 Å². The highest BCUT2D eigenvalue weighted by Crippen LogP contribution is 2.42. The Bertz CT molecular complexity index is 1050. The van der Waals surface area contributed by atoms with E-state index in [9.17, 15) is 24.8 Å². The van der Waals surface area contributed by atoms with Crippen molar-refractivity contribution in [1.29, 1.82) is 0 Å². The van der Waals surface area contributed by atoms with E-state index in [1.807, 2.05) is 0 Å². The van der Waals surface area contributed by atoms with Gasteiger partial charge in [-0.15, -0.1) is 0 Å². The third kappa shape index (κ3) is 4.46. The molecule has 1 fully saturated rings. The number of non-ortho nitro benzene ring substituents is 1. The summed E-state index contributed by atoms with van der Waals surface area (Å²) in [4.78, 5) is 37.4. The minimum atomic E-state index is -0.959. The molecule has 2 N–H and O–H groups in total. The van der Waals surface area contributed by atoms with Gasteiger partial charge in [-0.25, -0.2) is 0 Å². The predicted octanol–water partition coefficient (Wildman–Crippen LogP) is 2.03. The van der Waals surface area contributed by atoms with Gasteiger partial charge in [-0.2, -0.15) is 0 Å². The van der Waals surface area contributed by atoms with Gasteiger partial charge >= 0.3 is 0 Å². The number of benzene rings is 2. The van der Waals surface area contributed by atoms with Crippen LogP contribution in [0.15, 0.2) is 54.1 Å². The average Bonchev–Trinajstić information content (AvgIpc) is 3.06. The van der Waals surface area contributed by atoms with Crippen LogP contribution in [0.2, 0.25) is 0 Å². The molecule has 0 spiro atoms. The van der Waals surface area contributed by atoms with Crippen LogP contribution in [-0.2, 0) is 14.3 Å². The summed E-state index contributed by atoms with van der Waals surface area (Å²) < 4.78 is 10.7. The highest BCUT2D eigenvalue weighted by molar-refractivity contribution is 6.46. The fraction of sp³-hybridized carbons (Fsp3) is 0.273. The topological polar surface area (TPSA) is 139 Å². The number of nitrogens with zero attached hydrogens (tertiary/aromatic N) is 2. The van der Waals surface area contributed by atoms with E-state index in [-0.39, 0.29) is 43.2 Å². The number of nitro groups is 1. The minimum Gasteiger partial charge on any atom is -0.507 e. The van der Waals surface area contributed by atoms with Crippen molar-refractivity contribution in [1.82, 2.24) is 4.90 Å². The van der Waals surface area contributed by atoms with Gasteiger partial charge in [-0.1, -0.05) is 18.2 Å². The lowest BCUT2D eigenvalue weighted by Crippen LogP contribution is -2.33. The summed E-state index contributed by atoms with van der Waals surface area (Å²) in [6.07, 6.45) is 0. The van der Waals surface area contributed by atoms with Gasteiger partial charge in [0.1, 0.15) is 11.5 Å². The molecule has 1 saturated heterocycles. The molecule has 2 aromatic rings. The van der Waals surface area contributed by atoms with Crippen molar-refractivity contribution in [3.63, 3.8) is 0 Å².